The molecule has 1 unspecified atom stereocenters. The van der Waals surface area contributed by atoms with Crippen LogP contribution < -0.4 is 19.9 Å². The summed E-state index contributed by atoms with van der Waals surface area (Å²) >= 11 is 0. The van der Waals surface area contributed by atoms with Crippen LogP contribution in [0.3, 0.4) is 0 Å². The number of nitrogens with two attached hydrogens (primary N) is 1. The van der Waals surface area contributed by atoms with E-state index in [1.807, 2.05) is 6.08 Å². The lowest BCUT2D eigenvalue weighted by Gasteiger charge is -2.34. The Kier molecular flexibility index (Phi) is 6.87. The highest BCUT2D eigenvalue weighted by atomic mass is 16.6. The number of aromatic nitrogens is 4. The number of aromatic amines is 1. The number of tetrazole rings is 1. The molecule has 0 radical (unpaired) electrons. The molecule has 0 spiro atoms. The summed E-state index contributed by atoms with van der Waals surface area (Å²) in [5.74, 6) is 1.25. The number of nitrogen functional groups attached to an aromatic ring is 1. The smallest absolute Gasteiger partial charge is 0.267 e. The Balaban J connectivity index is 1.46. The van der Waals surface area contributed by atoms with Crippen molar-refractivity contribution in [1.29, 1.82) is 0 Å². The van der Waals surface area contributed by atoms with Crippen molar-refractivity contribution in [2.24, 2.45) is 0 Å². The molecule has 0 fully saturated rings. The first kappa shape index (κ1) is 22.3. The normalized spacial score (nSPS) is 16.8. The Labute approximate surface area is 191 Å². The molecule has 0 saturated carbocycles. The molecule has 9 heteroatoms. The Hall–Kier alpha value is -3.88. The summed E-state index contributed by atoms with van der Waals surface area (Å²) in [5.41, 5.74) is 5.18. The third-order valence-electron chi connectivity index (χ3n) is 5.44. The fourth-order valence-corrected chi connectivity index (χ4v) is 3.65. The summed E-state index contributed by atoms with van der Waals surface area (Å²) in [6.07, 6.45) is 7.41. The van der Waals surface area contributed by atoms with Gasteiger partial charge in [0, 0.05) is 17.3 Å². The molecule has 4 rings (SSSR count). The van der Waals surface area contributed by atoms with Crippen molar-refractivity contribution < 1.29 is 19.0 Å². The number of anilines is 1. The summed E-state index contributed by atoms with van der Waals surface area (Å²) in [7, 11) is 0. The van der Waals surface area contributed by atoms with E-state index in [1.54, 1.807) is 42.5 Å². The van der Waals surface area contributed by atoms with Crippen LogP contribution in [0.1, 0.15) is 48.3 Å². The number of nitrogens with zero attached hydrogens (tertiary/aromatic N) is 3. The van der Waals surface area contributed by atoms with Gasteiger partial charge < -0.3 is 19.9 Å². The lowest BCUT2D eigenvalue weighted by Crippen LogP contribution is -2.50. The predicted octanol–water partition coefficient (Wildman–Crippen LogP) is 3.85. The minimum atomic E-state index is -1.60. The Morgan fingerprint density at radius 3 is 2.73 bits per heavy atom. The SMILES string of the molecule is C=CCCCCCCOc1ccc(C(=O)C2(c3nn[nH]n3)COc3ccc(N)cc3O2)cc1. The average molecular weight is 450 g/mol. The number of nitrogens with one attached hydrogen (secondary N) is 1. The number of Topliss-reactive ketones (excluding diaryl/α,β-unsaturated/α-hetero) is 1. The number of unbranched alkanes of at least 4 members (excludes halogenated alkanes) is 4. The standard InChI is InChI=1S/C24H27N5O4/c1-2-3-4-5-6-7-14-31-19-11-8-17(9-12-19)22(30)24(23-26-28-29-27-23)16-32-20-13-10-18(25)15-21(20)33-24/h2,8-13,15H,1,3-7,14,16,25H2,(H,26,27,28,29). The third kappa shape index (κ3) is 4.97. The molecule has 1 aromatic heterocycles. The lowest BCUT2D eigenvalue weighted by atomic mass is 9.91. The van der Waals surface area contributed by atoms with Gasteiger partial charge in [-0.1, -0.05) is 18.9 Å². The Morgan fingerprint density at radius 2 is 1.97 bits per heavy atom. The van der Waals surface area contributed by atoms with Gasteiger partial charge in [-0.15, -0.1) is 16.8 Å². The molecule has 2 aromatic carbocycles. The van der Waals surface area contributed by atoms with Crippen molar-refractivity contribution in [3.8, 4) is 17.2 Å². The van der Waals surface area contributed by atoms with Crippen LogP contribution in [0.5, 0.6) is 17.2 Å². The molecular formula is C24H27N5O4. The highest BCUT2D eigenvalue weighted by Gasteiger charge is 2.51. The quantitative estimate of drug-likeness (QED) is 0.196. The second kappa shape index (κ2) is 10.2. The van der Waals surface area contributed by atoms with Crippen molar-refractivity contribution in [1.82, 2.24) is 20.6 Å². The number of hydrogen-bond donors (Lipinski definition) is 2. The maximum absolute atomic E-state index is 13.6. The number of fused-ring (bicyclic) bond motifs is 1. The molecule has 0 bridgehead atoms. The third-order valence-corrected chi connectivity index (χ3v) is 5.44. The molecule has 0 amide bonds. The van der Waals surface area contributed by atoms with Crippen LogP contribution in [0.25, 0.3) is 0 Å². The number of carbonyl (C=O) groups excluding carboxylic acids is 1. The summed E-state index contributed by atoms with van der Waals surface area (Å²) in [6, 6.07) is 11.9. The molecule has 9 nitrogen and oxygen atoms in total. The number of hydrogen-bond acceptors (Lipinski definition) is 8. The number of allylic oxidation sites excluding steroid dienone is 1. The van der Waals surface area contributed by atoms with E-state index < -0.39 is 5.60 Å². The number of rotatable bonds is 11. The molecule has 0 saturated heterocycles. The van der Waals surface area contributed by atoms with Crippen molar-refractivity contribution in [2.45, 2.75) is 37.7 Å². The van der Waals surface area contributed by atoms with Gasteiger partial charge in [0.25, 0.3) is 5.60 Å². The molecule has 3 N–H and O–H groups in total. The molecular weight excluding hydrogens is 422 g/mol. The maximum atomic E-state index is 13.6. The van der Waals surface area contributed by atoms with Crippen molar-refractivity contribution in [2.75, 3.05) is 18.9 Å². The average Bonchev–Trinajstić information content (AvgIpc) is 3.38. The summed E-state index contributed by atoms with van der Waals surface area (Å²) in [6.45, 7) is 4.26. The second-order valence-electron chi connectivity index (χ2n) is 7.85. The van der Waals surface area contributed by atoms with Gasteiger partial charge in [-0.25, -0.2) is 0 Å². The summed E-state index contributed by atoms with van der Waals surface area (Å²) in [5, 5.41) is 14.0. The minimum absolute atomic E-state index is 0.0809. The number of H-pyrrole nitrogens is 1. The van der Waals surface area contributed by atoms with Crippen LogP contribution in [0.2, 0.25) is 0 Å². The van der Waals surface area contributed by atoms with Gasteiger partial charge in [-0.05, 0) is 60.9 Å². The molecule has 0 aliphatic carbocycles. The van der Waals surface area contributed by atoms with Crippen LogP contribution in [-0.2, 0) is 5.60 Å². The minimum Gasteiger partial charge on any atom is -0.494 e. The van der Waals surface area contributed by atoms with Crippen LogP contribution in [-0.4, -0.2) is 39.6 Å². The van der Waals surface area contributed by atoms with Crippen LogP contribution in [0.4, 0.5) is 5.69 Å². The van der Waals surface area contributed by atoms with E-state index in [2.05, 4.69) is 27.2 Å². The van der Waals surface area contributed by atoms with Gasteiger partial charge in [-0.2, -0.15) is 5.21 Å². The zero-order chi connectivity index (χ0) is 23.1. The molecule has 1 atom stereocenters. The monoisotopic (exact) mass is 449 g/mol. The molecule has 33 heavy (non-hydrogen) atoms. The fraction of sp³-hybridized carbons (Fsp3) is 0.333. The van der Waals surface area contributed by atoms with E-state index in [4.69, 9.17) is 19.9 Å². The molecule has 172 valence electrons. The van der Waals surface area contributed by atoms with E-state index in [1.165, 1.54) is 0 Å². The Morgan fingerprint density at radius 1 is 1.15 bits per heavy atom. The maximum Gasteiger partial charge on any atom is 0.267 e. The number of ketones is 1. The summed E-state index contributed by atoms with van der Waals surface area (Å²) in [4.78, 5) is 13.6. The Bertz CT molecular complexity index is 1080. The van der Waals surface area contributed by atoms with Gasteiger partial charge in [-0.3, -0.25) is 4.79 Å². The van der Waals surface area contributed by atoms with Gasteiger partial charge in [0.1, 0.15) is 12.4 Å². The molecule has 2 heterocycles. The summed E-state index contributed by atoms with van der Waals surface area (Å²) < 4.78 is 17.8. The topological polar surface area (TPSA) is 125 Å². The first-order chi connectivity index (χ1) is 16.1. The fourth-order valence-electron chi connectivity index (χ4n) is 3.65. The van der Waals surface area contributed by atoms with Gasteiger partial charge in [0.05, 0.1) is 6.61 Å². The van der Waals surface area contributed by atoms with Gasteiger partial charge >= 0.3 is 0 Å². The van der Waals surface area contributed by atoms with E-state index >= 15 is 0 Å². The lowest BCUT2D eigenvalue weighted by molar-refractivity contribution is -0.00527. The van der Waals surface area contributed by atoms with Gasteiger partial charge in [0.2, 0.25) is 11.6 Å². The largest absolute Gasteiger partial charge is 0.494 e. The highest BCUT2D eigenvalue weighted by Crippen LogP contribution is 2.41. The van der Waals surface area contributed by atoms with E-state index in [0.29, 0.717) is 35.1 Å². The number of ether oxygens (including phenoxy) is 3. The highest BCUT2D eigenvalue weighted by molar-refractivity contribution is 6.03. The van der Waals surface area contributed by atoms with Crippen molar-refractivity contribution in [3.63, 3.8) is 0 Å². The van der Waals surface area contributed by atoms with Crippen LogP contribution in [0, 0.1) is 0 Å². The zero-order valence-corrected chi connectivity index (χ0v) is 18.3. The predicted molar refractivity (Wildman–Crippen MR) is 122 cm³/mol. The van der Waals surface area contributed by atoms with E-state index in [0.717, 1.165) is 32.1 Å². The molecule has 1 aliphatic rings. The van der Waals surface area contributed by atoms with Crippen molar-refractivity contribution in [3.05, 3.63) is 66.5 Å². The van der Waals surface area contributed by atoms with E-state index in [9.17, 15) is 4.79 Å². The van der Waals surface area contributed by atoms with Crippen LogP contribution in [0.15, 0.2) is 55.1 Å². The van der Waals surface area contributed by atoms with Gasteiger partial charge in [0.15, 0.2) is 11.5 Å². The number of benzene rings is 2. The first-order valence-electron chi connectivity index (χ1n) is 11.0. The van der Waals surface area contributed by atoms with E-state index in [-0.39, 0.29) is 18.2 Å². The zero-order valence-electron chi connectivity index (χ0n) is 18.3. The van der Waals surface area contributed by atoms with Crippen LogP contribution >= 0.6 is 0 Å². The molecule has 3 aromatic rings. The second-order valence-corrected chi connectivity index (χ2v) is 7.85. The molecule has 1 aliphatic heterocycles. The number of carbonyl (C=O) groups is 1. The van der Waals surface area contributed by atoms with Crippen molar-refractivity contribution >= 4 is 11.5 Å². The first-order valence-corrected chi connectivity index (χ1v) is 11.0.